The first-order valence-electron chi connectivity index (χ1n) is 9.90. The van der Waals surface area contributed by atoms with Crippen LogP contribution in [0.2, 0.25) is 0 Å². The van der Waals surface area contributed by atoms with E-state index in [1.807, 2.05) is 35.2 Å². The fourth-order valence-electron chi connectivity index (χ4n) is 4.13. The molecule has 1 saturated heterocycles. The first-order valence-corrected chi connectivity index (χ1v) is 9.90. The highest BCUT2D eigenvalue weighted by Gasteiger charge is 2.46. The Morgan fingerprint density at radius 3 is 2.54 bits per heavy atom. The third-order valence-corrected chi connectivity index (χ3v) is 5.20. The van der Waals surface area contributed by atoms with Gasteiger partial charge in [-0.15, -0.1) is 0 Å². The van der Waals surface area contributed by atoms with Crippen LogP contribution >= 0.6 is 0 Å². The van der Waals surface area contributed by atoms with E-state index in [9.17, 15) is 5.21 Å². The number of benzene rings is 1. The predicted octanol–water partition coefficient (Wildman–Crippen LogP) is 1.60. The SMILES string of the molecule is CCCN1CN2C(N)=NC(c3ccccc3)=C(N3CC(C)OC(C)C3)C2=[N+]1[O-]. The highest BCUT2D eigenvalue weighted by Crippen LogP contribution is 2.32. The van der Waals surface area contributed by atoms with Crippen LogP contribution in [0.5, 0.6) is 0 Å². The number of amidine groups is 1. The zero-order chi connectivity index (χ0) is 19.8. The molecule has 0 saturated carbocycles. The molecule has 28 heavy (non-hydrogen) atoms. The lowest BCUT2D eigenvalue weighted by atomic mass is 10.1. The van der Waals surface area contributed by atoms with Crippen LogP contribution in [-0.2, 0) is 4.74 Å². The molecule has 3 aliphatic rings. The summed E-state index contributed by atoms with van der Waals surface area (Å²) < 4.78 is 5.92. The van der Waals surface area contributed by atoms with E-state index in [4.69, 9.17) is 15.5 Å². The van der Waals surface area contributed by atoms with Crippen LogP contribution in [0.15, 0.2) is 41.0 Å². The fraction of sp³-hybridized carbons (Fsp3) is 0.500. The summed E-state index contributed by atoms with van der Waals surface area (Å²) in [4.78, 5) is 9.77. The molecule has 0 bridgehead atoms. The summed E-state index contributed by atoms with van der Waals surface area (Å²) in [6, 6.07) is 9.92. The van der Waals surface area contributed by atoms with Gasteiger partial charge < -0.3 is 20.6 Å². The van der Waals surface area contributed by atoms with Crippen LogP contribution in [0.25, 0.3) is 5.70 Å². The van der Waals surface area contributed by atoms with Crippen molar-refractivity contribution in [2.24, 2.45) is 10.7 Å². The molecule has 1 fully saturated rings. The molecular weight excluding hydrogens is 356 g/mol. The normalized spacial score (nSPS) is 25.4. The number of hydrogen-bond donors (Lipinski definition) is 1. The molecule has 0 spiro atoms. The van der Waals surface area contributed by atoms with Crippen molar-refractivity contribution in [2.45, 2.75) is 39.4 Å². The Morgan fingerprint density at radius 2 is 1.89 bits per heavy atom. The minimum absolute atomic E-state index is 0.0684. The number of hydrazine groups is 1. The monoisotopic (exact) mass is 384 g/mol. The lowest BCUT2D eigenvalue weighted by Gasteiger charge is -2.39. The Hall–Kier alpha value is -2.74. The van der Waals surface area contributed by atoms with Gasteiger partial charge in [0.1, 0.15) is 5.70 Å². The van der Waals surface area contributed by atoms with Crippen LogP contribution < -0.4 is 5.73 Å². The summed E-state index contributed by atoms with van der Waals surface area (Å²) >= 11 is 0. The van der Waals surface area contributed by atoms with Gasteiger partial charge in [-0.25, -0.2) is 5.01 Å². The van der Waals surface area contributed by atoms with E-state index in [0.717, 1.165) is 28.2 Å². The molecule has 4 rings (SSSR count). The predicted molar refractivity (Wildman–Crippen MR) is 109 cm³/mol. The first-order chi connectivity index (χ1) is 13.5. The number of nitrogens with zero attached hydrogens (tertiary/aromatic N) is 5. The number of hydrazone groups is 1. The molecule has 0 radical (unpaired) electrons. The summed E-state index contributed by atoms with van der Waals surface area (Å²) in [5.74, 6) is 0.910. The first kappa shape index (κ1) is 18.6. The summed E-state index contributed by atoms with van der Waals surface area (Å²) in [5, 5.41) is 15.0. The Balaban J connectivity index is 1.89. The molecule has 150 valence electrons. The number of aliphatic imine (C=N–C) groups is 1. The van der Waals surface area contributed by atoms with Crippen molar-refractivity contribution >= 4 is 17.5 Å². The van der Waals surface area contributed by atoms with Gasteiger partial charge >= 0.3 is 5.84 Å². The molecule has 0 aromatic heterocycles. The largest absolute Gasteiger partial charge is 0.692 e. The maximum absolute atomic E-state index is 13.2. The summed E-state index contributed by atoms with van der Waals surface area (Å²) in [6.45, 7) is 8.66. The van der Waals surface area contributed by atoms with Crippen molar-refractivity contribution in [2.75, 3.05) is 26.3 Å². The summed E-state index contributed by atoms with van der Waals surface area (Å²) in [6.07, 6.45) is 1.02. The number of morpholine rings is 1. The van der Waals surface area contributed by atoms with E-state index < -0.39 is 0 Å². The second-order valence-electron chi connectivity index (χ2n) is 7.59. The van der Waals surface area contributed by atoms with Crippen LogP contribution in [0.3, 0.4) is 0 Å². The van der Waals surface area contributed by atoms with Gasteiger partial charge in [-0.2, -0.15) is 14.7 Å². The van der Waals surface area contributed by atoms with Gasteiger partial charge in [0.15, 0.2) is 12.4 Å². The van der Waals surface area contributed by atoms with Crippen molar-refractivity contribution in [3.05, 3.63) is 46.8 Å². The molecule has 2 N–H and O–H groups in total. The molecule has 8 heteroatoms. The lowest BCUT2D eigenvalue weighted by molar-refractivity contribution is -0.627. The van der Waals surface area contributed by atoms with Crippen LogP contribution in [0.4, 0.5) is 0 Å². The van der Waals surface area contributed by atoms with Crippen molar-refractivity contribution in [1.29, 1.82) is 0 Å². The Kier molecular flexibility index (Phi) is 4.89. The minimum atomic E-state index is 0.0684. The molecular formula is C20H28N6O2. The minimum Gasteiger partial charge on any atom is -0.692 e. The molecule has 1 aromatic rings. The smallest absolute Gasteiger partial charge is 0.334 e. The van der Waals surface area contributed by atoms with Crippen molar-refractivity contribution in [1.82, 2.24) is 14.8 Å². The van der Waals surface area contributed by atoms with Gasteiger partial charge in [0.2, 0.25) is 0 Å². The number of nitrogens with two attached hydrogens (primary N) is 1. The average Bonchev–Trinajstić information content (AvgIpc) is 2.99. The molecule has 8 nitrogen and oxygen atoms in total. The Bertz CT molecular complexity index is 824. The molecule has 2 atom stereocenters. The van der Waals surface area contributed by atoms with Crippen LogP contribution in [0, 0.1) is 5.21 Å². The molecule has 0 amide bonds. The summed E-state index contributed by atoms with van der Waals surface area (Å²) in [5.41, 5.74) is 8.82. The second kappa shape index (κ2) is 7.35. The van der Waals surface area contributed by atoms with Crippen molar-refractivity contribution in [3.8, 4) is 0 Å². The number of fused-ring (bicyclic) bond motifs is 1. The zero-order valence-electron chi connectivity index (χ0n) is 16.7. The van der Waals surface area contributed by atoms with E-state index in [2.05, 4.69) is 25.7 Å². The zero-order valence-corrected chi connectivity index (χ0v) is 16.7. The van der Waals surface area contributed by atoms with E-state index in [1.54, 1.807) is 5.01 Å². The van der Waals surface area contributed by atoms with Crippen molar-refractivity contribution < 1.29 is 9.58 Å². The molecule has 3 aliphatic heterocycles. The van der Waals surface area contributed by atoms with Gasteiger partial charge in [0.05, 0.1) is 18.8 Å². The highest BCUT2D eigenvalue weighted by atomic mass is 16.5. The number of ether oxygens (including phenoxy) is 1. The van der Waals surface area contributed by atoms with Gasteiger partial charge in [-0.05, 0) is 20.3 Å². The summed E-state index contributed by atoms with van der Waals surface area (Å²) in [7, 11) is 0. The fourth-order valence-corrected chi connectivity index (χ4v) is 4.13. The van der Waals surface area contributed by atoms with Gasteiger partial charge in [0.25, 0.3) is 5.96 Å². The Labute approximate surface area is 165 Å². The second-order valence-corrected chi connectivity index (χ2v) is 7.59. The quantitative estimate of drug-likeness (QED) is 0.627. The average molecular weight is 384 g/mol. The number of rotatable bonds is 4. The van der Waals surface area contributed by atoms with Crippen molar-refractivity contribution in [3.63, 3.8) is 0 Å². The van der Waals surface area contributed by atoms with E-state index in [0.29, 0.717) is 38.1 Å². The number of guanidine groups is 1. The maximum Gasteiger partial charge on any atom is 0.334 e. The van der Waals surface area contributed by atoms with Gasteiger partial charge in [-0.1, -0.05) is 37.3 Å². The third-order valence-electron chi connectivity index (χ3n) is 5.20. The molecule has 2 unspecified atom stereocenters. The van der Waals surface area contributed by atoms with Gasteiger partial charge in [0, 0.05) is 18.7 Å². The molecule has 3 heterocycles. The highest BCUT2D eigenvalue weighted by molar-refractivity contribution is 6.14. The standard InChI is InChI=1S/C20H28N6O2/c1-4-10-24-13-25-19(26(24)27)18(23-11-14(2)28-15(3)12-23)17(22-20(25)21)16-8-6-5-7-9-16/h5-9,14-15H,4,10-13H2,1-3H3,(H2,21,22). The molecule has 0 aliphatic carbocycles. The van der Waals surface area contributed by atoms with Crippen LogP contribution in [0.1, 0.15) is 32.8 Å². The van der Waals surface area contributed by atoms with E-state index >= 15 is 0 Å². The van der Waals surface area contributed by atoms with Crippen LogP contribution in [-0.4, -0.2) is 70.0 Å². The van der Waals surface area contributed by atoms with E-state index in [-0.39, 0.29) is 12.2 Å². The van der Waals surface area contributed by atoms with E-state index in [1.165, 1.54) is 0 Å². The Morgan fingerprint density at radius 1 is 1.21 bits per heavy atom. The number of hydrogen-bond acceptors (Lipinski definition) is 7. The van der Waals surface area contributed by atoms with Gasteiger partial charge in [-0.3, -0.25) is 0 Å². The maximum atomic E-state index is 13.2. The topological polar surface area (TPSA) is 83.4 Å². The molecule has 1 aromatic carbocycles. The lowest BCUT2D eigenvalue weighted by Crippen LogP contribution is -2.52. The third kappa shape index (κ3) is 3.17.